The van der Waals surface area contributed by atoms with Gasteiger partial charge in [-0.15, -0.1) is 0 Å². The lowest BCUT2D eigenvalue weighted by molar-refractivity contribution is -0.147. The summed E-state index contributed by atoms with van der Waals surface area (Å²) >= 11 is 0. The summed E-state index contributed by atoms with van der Waals surface area (Å²) in [5.41, 5.74) is 1.11. The van der Waals surface area contributed by atoms with Gasteiger partial charge in [-0.05, 0) is 24.3 Å². The first-order chi connectivity index (χ1) is 14.1. The molecule has 0 aromatic heterocycles. The van der Waals surface area contributed by atoms with Gasteiger partial charge in [-0.2, -0.15) is 0 Å². The minimum atomic E-state index is -0.581. The topological polar surface area (TPSA) is 103 Å². The summed E-state index contributed by atoms with van der Waals surface area (Å²) in [6, 6.07) is 12.1. The second kappa shape index (κ2) is 8.09. The summed E-state index contributed by atoms with van der Waals surface area (Å²) in [6.45, 7) is -0.229. The van der Waals surface area contributed by atoms with Crippen molar-refractivity contribution in [2.45, 2.75) is 6.42 Å². The van der Waals surface area contributed by atoms with Crippen molar-refractivity contribution in [3.63, 3.8) is 0 Å². The van der Waals surface area contributed by atoms with Gasteiger partial charge in [0.25, 0.3) is 11.8 Å². The van der Waals surface area contributed by atoms with E-state index in [-0.39, 0.29) is 32.3 Å². The molecule has 2 amide bonds. The Kier molecular flexibility index (Phi) is 5.19. The standard InChI is InChI=1S/C20H18N2O7/c23-18(21-13-5-6-16-17(9-13)29-12-28-16)10-27-20(25)7-8-22-14-3-1-2-4-15(14)26-11-19(22)24/h1-6,9H,7-8,10-12H2,(H,21,23). The molecule has 29 heavy (non-hydrogen) atoms. The molecule has 2 aromatic carbocycles. The maximum absolute atomic E-state index is 12.1. The molecule has 0 fully saturated rings. The molecule has 0 radical (unpaired) electrons. The van der Waals surface area contributed by atoms with Gasteiger partial charge in [0, 0.05) is 18.3 Å². The van der Waals surface area contributed by atoms with Gasteiger partial charge in [-0.3, -0.25) is 14.4 Å². The van der Waals surface area contributed by atoms with Crippen molar-refractivity contribution in [1.82, 2.24) is 0 Å². The first-order valence-corrected chi connectivity index (χ1v) is 8.97. The molecule has 2 aliphatic heterocycles. The molecule has 0 saturated carbocycles. The van der Waals surface area contributed by atoms with Crippen LogP contribution in [0.1, 0.15) is 6.42 Å². The Hall–Kier alpha value is -3.75. The summed E-state index contributed by atoms with van der Waals surface area (Å²) in [6.07, 6.45) is -0.0443. The van der Waals surface area contributed by atoms with Crippen LogP contribution in [0.25, 0.3) is 0 Å². The third kappa shape index (κ3) is 4.23. The van der Waals surface area contributed by atoms with E-state index < -0.39 is 18.5 Å². The fourth-order valence-corrected chi connectivity index (χ4v) is 2.99. The van der Waals surface area contributed by atoms with Gasteiger partial charge in [0.15, 0.2) is 24.7 Å². The van der Waals surface area contributed by atoms with Crippen molar-refractivity contribution in [3.05, 3.63) is 42.5 Å². The highest BCUT2D eigenvalue weighted by Crippen LogP contribution is 2.34. The maximum atomic E-state index is 12.1. The van der Waals surface area contributed by atoms with Crippen molar-refractivity contribution in [2.75, 3.05) is 36.8 Å². The predicted octanol–water partition coefficient (Wildman–Crippen LogP) is 1.71. The Bertz CT molecular complexity index is 960. The van der Waals surface area contributed by atoms with Gasteiger partial charge in [-0.1, -0.05) is 12.1 Å². The van der Waals surface area contributed by atoms with Crippen LogP contribution in [0.2, 0.25) is 0 Å². The fourth-order valence-electron chi connectivity index (χ4n) is 2.99. The van der Waals surface area contributed by atoms with Gasteiger partial charge in [0.2, 0.25) is 6.79 Å². The zero-order valence-electron chi connectivity index (χ0n) is 15.4. The number of fused-ring (bicyclic) bond motifs is 2. The Morgan fingerprint density at radius 3 is 2.76 bits per heavy atom. The predicted molar refractivity (Wildman–Crippen MR) is 101 cm³/mol. The molecule has 2 heterocycles. The van der Waals surface area contributed by atoms with E-state index >= 15 is 0 Å². The molecular weight excluding hydrogens is 380 g/mol. The first-order valence-electron chi connectivity index (χ1n) is 8.97. The second-order valence-electron chi connectivity index (χ2n) is 6.33. The third-order valence-corrected chi connectivity index (χ3v) is 4.37. The third-order valence-electron chi connectivity index (χ3n) is 4.37. The Balaban J connectivity index is 1.25. The minimum Gasteiger partial charge on any atom is -0.482 e. The number of benzene rings is 2. The number of ether oxygens (including phenoxy) is 4. The van der Waals surface area contributed by atoms with Crippen molar-refractivity contribution in [3.8, 4) is 17.2 Å². The number of carbonyl (C=O) groups is 3. The van der Waals surface area contributed by atoms with Crippen LogP contribution >= 0.6 is 0 Å². The van der Waals surface area contributed by atoms with Gasteiger partial charge < -0.3 is 29.2 Å². The molecule has 0 unspecified atom stereocenters. The molecule has 9 heteroatoms. The van der Waals surface area contributed by atoms with Crippen molar-refractivity contribution in [1.29, 1.82) is 0 Å². The molecule has 4 rings (SSSR count). The lowest BCUT2D eigenvalue weighted by atomic mass is 10.2. The van der Waals surface area contributed by atoms with E-state index in [1.807, 2.05) is 0 Å². The first kappa shape index (κ1) is 18.6. The monoisotopic (exact) mass is 398 g/mol. The Labute approximate surface area is 166 Å². The molecule has 2 aromatic rings. The van der Waals surface area contributed by atoms with E-state index in [0.717, 1.165) is 0 Å². The normalized spacial score (nSPS) is 14.1. The highest BCUT2D eigenvalue weighted by Gasteiger charge is 2.25. The average Bonchev–Trinajstić information content (AvgIpc) is 3.19. The smallest absolute Gasteiger partial charge is 0.308 e. The zero-order chi connectivity index (χ0) is 20.2. The van der Waals surface area contributed by atoms with Crippen LogP contribution in [-0.4, -0.2) is 44.3 Å². The molecule has 0 aliphatic carbocycles. The number of carbonyl (C=O) groups excluding carboxylic acids is 3. The van der Waals surface area contributed by atoms with Crippen LogP contribution in [-0.2, 0) is 19.1 Å². The van der Waals surface area contributed by atoms with E-state index in [0.29, 0.717) is 28.6 Å². The van der Waals surface area contributed by atoms with Gasteiger partial charge in [-0.25, -0.2) is 0 Å². The van der Waals surface area contributed by atoms with Crippen LogP contribution in [0.4, 0.5) is 11.4 Å². The van der Waals surface area contributed by atoms with E-state index in [1.165, 1.54) is 4.90 Å². The van der Waals surface area contributed by atoms with Gasteiger partial charge in [0.1, 0.15) is 5.75 Å². The maximum Gasteiger partial charge on any atom is 0.308 e. The highest BCUT2D eigenvalue weighted by atomic mass is 16.7. The van der Waals surface area contributed by atoms with E-state index in [2.05, 4.69) is 5.32 Å². The molecule has 2 aliphatic rings. The number of nitrogens with zero attached hydrogens (tertiary/aromatic N) is 1. The van der Waals surface area contributed by atoms with Crippen LogP contribution < -0.4 is 24.4 Å². The van der Waals surface area contributed by atoms with Crippen molar-refractivity contribution in [2.24, 2.45) is 0 Å². The van der Waals surface area contributed by atoms with Crippen molar-refractivity contribution >= 4 is 29.2 Å². The van der Waals surface area contributed by atoms with Crippen LogP contribution in [0, 0.1) is 0 Å². The second-order valence-corrected chi connectivity index (χ2v) is 6.33. The largest absolute Gasteiger partial charge is 0.482 e. The number of esters is 1. The van der Waals surface area contributed by atoms with E-state index in [1.54, 1.807) is 42.5 Å². The number of para-hydroxylation sites is 2. The molecule has 0 spiro atoms. The zero-order valence-corrected chi connectivity index (χ0v) is 15.4. The molecule has 0 atom stereocenters. The van der Waals surface area contributed by atoms with Crippen LogP contribution in [0.15, 0.2) is 42.5 Å². The summed E-state index contributed by atoms with van der Waals surface area (Å²) in [5.74, 6) is 0.428. The molecule has 0 saturated heterocycles. The SMILES string of the molecule is O=C(COC(=O)CCN1C(=O)COc2ccccc21)Nc1ccc2c(c1)OCO2. The number of hydrogen-bond acceptors (Lipinski definition) is 7. The van der Waals surface area contributed by atoms with Gasteiger partial charge >= 0.3 is 5.97 Å². The molecule has 150 valence electrons. The molecule has 9 nitrogen and oxygen atoms in total. The molecular formula is C20H18N2O7. The van der Waals surface area contributed by atoms with Crippen molar-refractivity contribution < 1.29 is 33.3 Å². The summed E-state index contributed by atoms with van der Waals surface area (Å²) in [5, 5.41) is 2.62. The lowest BCUT2D eigenvalue weighted by Gasteiger charge is -2.28. The molecule has 1 N–H and O–H groups in total. The minimum absolute atomic E-state index is 0.0443. The number of rotatable bonds is 6. The van der Waals surface area contributed by atoms with Crippen LogP contribution in [0.5, 0.6) is 17.2 Å². The number of nitrogens with one attached hydrogen (secondary N) is 1. The Morgan fingerprint density at radius 1 is 1.03 bits per heavy atom. The number of amides is 2. The number of anilines is 2. The summed E-state index contributed by atoms with van der Waals surface area (Å²) < 4.78 is 20.8. The average molecular weight is 398 g/mol. The summed E-state index contributed by atoms with van der Waals surface area (Å²) in [4.78, 5) is 37.6. The highest BCUT2D eigenvalue weighted by molar-refractivity contribution is 5.98. The molecule has 0 bridgehead atoms. The summed E-state index contributed by atoms with van der Waals surface area (Å²) in [7, 11) is 0. The van der Waals surface area contributed by atoms with E-state index in [4.69, 9.17) is 18.9 Å². The lowest BCUT2D eigenvalue weighted by Crippen LogP contribution is -2.40. The fraction of sp³-hybridized carbons (Fsp3) is 0.250. The quantitative estimate of drug-likeness (QED) is 0.739. The van der Waals surface area contributed by atoms with Gasteiger partial charge in [0.05, 0.1) is 12.1 Å². The Morgan fingerprint density at radius 2 is 1.86 bits per heavy atom. The van der Waals surface area contributed by atoms with E-state index in [9.17, 15) is 14.4 Å². The van der Waals surface area contributed by atoms with Crippen LogP contribution in [0.3, 0.4) is 0 Å². The number of hydrogen-bond donors (Lipinski definition) is 1.